The predicted molar refractivity (Wildman–Crippen MR) is 83.2 cm³/mol. The second-order valence-corrected chi connectivity index (χ2v) is 5.84. The number of aromatic nitrogens is 1. The number of hydrogen-bond donors (Lipinski definition) is 2. The van der Waals surface area contributed by atoms with E-state index < -0.39 is 0 Å². The lowest BCUT2D eigenvalue weighted by Gasteiger charge is -2.16. The normalized spacial score (nSPS) is 12.2. The molecule has 1 aromatic heterocycles. The molecule has 0 saturated carbocycles. The number of amides is 1. The molecule has 0 aliphatic carbocycles. The van der Waals surface area contributed by atoms with E-state index in [1.165, 1.54) is 0 Å². The van der Waals surface area contributed by atoms with Gasteiger partial charge in [0.2, 0.25) is 0 Å². The maximum Gasteiger partial charge on any atom is 0.253 e. The van der Waals surface area contributed by atoms with Crippen LogP contribution in [0.4, 0.5) is 5.69 Å². The summed E-state index contributed by atoms with van der Waals surface area (Å²) in [4.78, 5) is 16.6. The van der Waals surface area contributed by atoms with Crippen LogP contribution >= 0.6 is 11.3 Å². The minimum Gasteiger partial charge on any atom is -0.382 e. The number of nitrogens with zero attached hydrogens (tertiary/aromatic N) is 1. The molecule has 0 fully saturated rings. The Morgan fingerprint density at radius 3 is 2.65 bits per heavy atom. The molecule has 2 rings (SSSR count). The van der Waals surface area contributed by atoms with Gasteiger partial charge in [0.15, 0.2) is 0 Å². The van der Waals surface area contributed by atoms with Gasteiger partial charge in [0.25, 0.3) is 5.91 Å². The Morgan fingerprint density at radius 1 is 1.25 bits per heavy atom. The molecule has 1 heterocycles. The van der Waals surface area contributed by atoms with Crippen LogP contribution < -0.4 is 10.6 Å². The van der Waals surface area contributed by atoms with Gasteiger partial charge in [-0.2, -0.15) is 0 Å². The van der Waals surface area contributed by atoms with Gasteiger partial charge in [0.05, 0.1) is 11.6 Å². The number of benzene rings is 1. The van der Waals surface area contributed by atoms with Crippen LogP contribution in [0.2, 0.25) is 0 Å². The second-order valence-electron chi connectivity index (χ2n) is 4.91. The Bertz CT molecular complexity index is 566. The number of para-hydroxylation sites is 1. The molecule has 0 bridgehead atoms. The third-order valence-corrected chi connectivity index (χ3v) is 3.74. The van der Waals surface area contributed by atoms with E-state index >= 15 is 0 Å². The second kappa shape index (κ2) is 6.52. The van der Waals surface area contributed by atoms with Gasteiger partial charge in [-0.15, -0.1) is 11.3 Å². The molecule has 1 aromatic carbocycles. The van der Waals surface area contributed by atoms with Gasteiger partial charge in [-0.3, -0.25) is 4.79 Å². The van der Waals surface area contributed by atoms with Crippen LogP contribution in [-0.2, 0) is 0 Å². The van der Waals surface area contributed by atoms with Gasteiger partial charge >= 0.3 is 0 Å². The van der Waals surface area contributed by atoms with Crippen molar-refractivity contribution in [2.45, 2.75) is 32.9 Å². The lowest BCUT2D eigenvalue weighted by Crippen LogP contribution is -2.27. The standard InChI is InChI=1S/C15H19N3OS/c1-10(2)17-13-7-5-4-6-12(13)14(19)18-11(3)15-16-8-9-20-15/h4-11,17H,1-3H3,(H,18,19). The molecule has 0 saturated heterocycles. The monoisotopic (exact) mass is 289 g/mol. The van der Waals surface area contributed by atoms with Gasteiger partial charge in [-0.1, -0.05) is 12.1 Å². The van der Waals surface area contributed by atoms with Crippen molar-refractivity contribution < 1.29 is 4.79 Å². The first-order valence-corrected chi connectivity index (χ1v) is 7.51. The van der Waals surface area contributed by atoms with E-state index in [1.807, 2.05) is 50.4 Å². The molecule has 106 valence electrons. The fourth-order valence-corrected chi connectivity index (χ4v) is 2.55. The summed E-state index contributed by atoms with van der Waals surface area (Å²) in [5.41, 5.74) is 1.51. The zero-order chi connectivity index (χ0) is 14.5. The van der Waals surface area contributed by atoms with Crippen molar-refractivity contribution in [3.8, 4) is 0 Å². The summed E-state index contributed by atoms with van der Waals surface area (Å²) in [5, 5.41) is 9.09. The van der Waals surface area contributed by atoms with Gasteiger partial charge in [-0.25, -0.2) is 4.98 Å². The molecular formula is C15H19N3OS. The summed E-state index contributed by atoms with van der Waals surface area (Å²) >= 11 is 1.54. The molecule has 1 atom stereocenters. The van der Waals surface area contributed by atoms with E-state index in [4.69, 9.17) is 0 Å². The Kier molecular flexibility index (Phi) is 4.74. The molecule has 1 amide bonds. The fraction of sp³-hybridized carbons (Fsp3) is 0.333. The third-order valence-electron chi connectivity index (χ3n) is 2.79. The maximum atomic E-state index is 12.4. The van der Waals surface area contributed by atoms with Crippen LogP contribution in [0.5, 0.6) is 0 Å². The van der Waals surface area contributed by atoms with Crippen LogP contribution in [0.15, 0.2) is 35.8 Å². The zero-order valence-corrected chi connectivity index (χ0v) is 12.7. The van der Waals surface area contributed by atoms with Crippen molar-refractivity contribution in [3.63, 3.8) is 0 Å². The van der Waals surface area contributed by atoms with E-state index in [0.717, 1.165) is 10.7 Å². The van der Waals surface area contributed by atoms with Crippen molar-refractivity contribution >= 4 is 22.9 Å². The van der Waals surface area contributed by atoms with Crippen LogP contribution in [-0.4, -0.2) is 16.9 Å². The molecule has 0 radical (unpaired) electrons. The number of anilines is 1. The van der Waals surface area contributed by atoms with Gasteiger partial charge in [0, 0.05) is 23.3 Å². The number of carbonyl (C=O) groups excluding carboxylic acids is 1. The van der Waals surface area contributed by atoms with Gasteiger partial charge in [0.1, 0.15) is 5.01 Å². The van der Waals surface area contributed by atoms with Crippen molar-refractivity contribution in [2.24, 2.45) is 0 Å². The van der Waals surface area contributed by atoms with E-state index in [0.29, 0.717) is 5.56 Å². The highest BCUT2D eigenvalue weighted by atomic mass is 32.1. The average Bonchev–Trinajstić information content (AvgIpc) is 2.92. The Hall–Kier alpha value is -1.88. The minimum atomic E-state index is -0.0883. The van der Waals surface area contributed by atoms with Crippen molar-refractivity contribution in [1.29, 1.82) is 0 Å². The van der Waals surface area contributed by atoms with E-state index in [2.05, 4.69) is 15.6 Å². The highest BCUT2D eigenvalue weighted by molar-refractivity contribution is 7.09. The quantitative estimate of drug-likeness (QED) is 0.886. The van der Waals surface area contributed by atoms with E-state index in [9.17, 15) is 4.79 Å². The highest BCUT2D eigenvalue weighted by Gasteiger charge is 2.16. The van der Waals surface area contributed by atoms with Gasteiger partial charge < -0.3 is 10.6 Å². The average molecular weight is 289 g/mol. The summed E-state index contributed by atoms with van der Waals surface area (Å²) in [5.74, 6) is -0.0866. The molecule has 0 aliphatic rings. The largest absolute Gasteiger partial charge is 0.382 e. The highest BCUT2D eigenvalue weighted by Crippen LogP contribution is 2.19. The maximum absolute atomic E-state index is 12.4. The number of carbonyl (C=O) groups is 1. The van der Waals surface area contributed by atoms with Crippen LogP contribution in [0.25, 0.3) is 0 Å². The number of hydrogen-bond acceptors (Lipinski definition) is 4. The lowest BCUT2D eigenvalue weighted by molar-refractivity contribution is 0.0940. The van der Waals surface area contributed by atoms with E-state index in [-0.39, 0.29) is 18.0 Å². The smallest absolute Gasteiger partial charge is 0.253 e. The van der Waals surface area contributed by atoms with Gasteiger partial charge in [-0.05, 0) is 32.9 Å². The molecule has 4 nitrogen and oxygen atoms in total. The Labute approximate surface area is 123 Å². The summed E-state index contributed by atoms with van der Waals surface area (Å²) < 4.78 is 0. The van der Waals surface area contributed by atoms with Crippen molar-refractivity contribution in [2.75, 3.05) is 5.32 Å². The zero-order valence-electron chi connectivity index (χ0n) is 11.9. The molecule has 0 aliphatic heterocycles. The fourth-order valence-electron chi connectivity index (χ4n) is 1.90. The minimum absolute atomic E-state index is 0.0866. The topological polar surface area (TPSA) is 54.0 Å². The van der Waals surface area contributed by atoms with Crippen LogP contribution in [0, 0.1) is 0 Å². The first kappa shape index (κ1) is 14.5. The summed E-state index contributed by atoms with van der Waals surface area (Å²) in [6, 6.07) is 7.73. The molecule has 0 spiro atoms. The Morgan fingerprint density at radius 2 is 2.00 bits per heavy atom. The first-order valence-electron chi connectivity index (χ1n) is 6.63. The number of rotatable bonds is 5. The lowest BCUT2D eigenvalue weighted by atomic mass is 10.1. The molecular weight excluding hydrogens is 270 g/mol. The van der Waals surface area contributed by atoms with Crippen molar-refractivity contribution in [3.05, 3.63) is 46.4 Å². The summed E-state index contributed by atoms with van der Waals surface area (Å²) in [7, 11) is 0. The molecule has 2 aromatic rings. The number of thiazole rings is 1. The molecule has 2 N–H and O–H groups in total. The molecule has 1 unspecified atom stereocenters. The van der Waals surface area contributed by atoms with Crippen molar-refractivity contribution in [1.82, 2.24) is 10.3 Å². The predicted octanol–water partition coefficient (Wildman–Crippen LogP) is 3.45. The van der Waals surface area contributed by atoms with Crippen LogP contribution in [0.1, 0.15) is 42.2 Å². The molecule has 5 heteroatoms. The SMILES string of the molecule is CC(C)Nc1ccccc1C(=O)NC(C)c1nccs1. The Balaban J connectivity index is 2.13. The summed E-state index contributed by atoms with van der Waals surface area (Å²) in [6.45, 7) is 6.04. The molecule has 20 heavy (non-hydrogen) atoms. The van der Waals surface area contributed by atoms with Crippen LogP contribution in [0.3, 0.4) is 0 Å². The number of nitrogens with one attached hydrogen (secondary N) is 2. The summed E-state index contributed by atoms with van der Waals surface area (Å²) in [6.07, 6.45) is 1.75. The third kappa shape index (κ3) is 3.57. The first-order chi connectivity index (χ1) is 9.58. The van der Waals surface area contributed by atoms with E-state index in [1.54, 1.807) is 17.5 Å².